The summed E-state index contributed by atoms with van der Waals surface area (Å²) < 4.78 is 15.2. The average Bonchev–Trinajstić information content (AvgIpc) is 2.97. The molecule has 0 N–H and O–H groups in total. The number of hydrogen-bond acceptors (Lipinski definition) is 3. The molecule has 0 fully saturated rings. The summed E-state index contributed by atoms with van der Waals surface area (Å²) in [5.41, 5.74) is 2.29. The van der Waals surface area contributed by atoms with E-state index >= 15 is 0 Å². The lowest BCUT2D eigenvalue weighted by molar-refractivity contribution is 0.101. The Morgan fingerprint density at radius 2 is 1.90 bits per heavy atom. The van der Waals surface area contributed by atoms with E-state index in [2.05, 4.69) is 10.3 Å². The van der Waals surface area contributed by atoms with Gasteiger partial charge in [0.25, 0.3) is 0 Å². The first-order valence-electron chi connectivity index (χ1n) is 6.44. The lowest BCUT2D eigenvalue weighted by Gasteiger charge is -2.09. The summed E-state index contributed by atoms with van der Waals surface area (Å²) in [6.07, 6.45) is 1.52. The molecule has 4 nitrogen and oxygen atoms in total. The van der Waals surface area contributed by atoms with Crippen LogP contribution in [0, 0.1) is 5.82 Å². The van der Waals surface area contributed by atoms with Crippen LogP contribution in [0.25, 0.3) is 16.9 Å². The number of aromatic nitrogens is 3. The predicted octanol–water partition coefficient (Wildman–Crippen LogP) is 3.28. The monoisotopic (exact) mass is 281 g/mol. The van der Waals surface area contributed by atoms with Gasteiger partial charge in [-0.05, 0) is 37.3 Å². The molecule has 0 amide bonds. The molecular formula is C16H12FN3O. The van der Waals surface area contributed by atoms with E-state index in [1.807, 2.05) is 30.3 Å². The fraction of sp³-hybridized carbons (Fsp3) is 0.0625. The van der Waals surface area contributed by atoms with E-state index in [0.717, 1.165) is 5.69 Å². The molecule has 2 aromatic carbocycles. The van der Waals surface area contributed by atoms with Crippen molar-refractivity contribution in [1.29, 1.82) is 0 Å². The second-order valence-electron chi connectivity index (χ2n) is 4.61. The quantitative estimate of drug-likeness (QED) is 0.692. The van der Waals surface area contributed by atoms with Crippen LogP contribution in [0.3, 0.4) is 0 Å². The molecule has 0 saturated heterocycles. The second-order valence-corrected chi connectivity index (χ2v) is 4.61. The number of hydrogen-bond donors (Lipinski definition) is 0. The van der Waals surface area contributed by atoms with Crippen molar-refractivity contribution in [2.24, 2.45) is 0 Å². The number of ketones is 1. The SMILES string of the molecule is CC(=O)c1ccc(F)cc1-c1cnnn1-c1ccccc1. The van der Waals surface area contributed by atoms with E-state index in [9.17, 15) is 9.18 Å². The Morgan fingerprint density at radius 1 is 1.14 bits per heavy atom. The molecule has 0 saturated carbocycles. The van der Waals surface area contributed by atoms with Gasteiger partial charge in [0.05, 0.1) is 17.6 Å². The number of carbonyl (C=O) groups is 1. The average molecular weight is 281 g/mol. The van der Waals surface area contributed by atoms with Crippen LogP contribution < -0.4 is 0 Å². The molecule has 0 unspecified atom stereocenters. The molecule has 0 aliphatic heterocycles. The Balaban J connectivity index is 2.21. The number of Topliss-reactive ketones (excluding diaryl/α,β-unsaturated/α-hetero) is 1. The largest absolute Gasteiger partial charge is 0.294 e. The van der Waals surface area contributed by atoms with Gasteiger partial charge < -0.3 is 0 Å². The number of halogens is 1. The maximum Gasteiger partial charge on any atom is 0.160 e. The molecule has 1 heterocycles. The number of rotatable bonds is 3. The zero-order valence-electron chi connectivity index (χ0n) is 11.3. The molecular weight excluding hydrogens is 269 g/mol. The summed E-state index contributed by atoms with van der Waals surface area (Å²) in [7, 11) is 0. The van der Waals surface area contributed by atoms with Crippen molar-refractivity contribution in [3.63, 3.8) is 0 Å². The molecule has 104 valence electrons. The predicted molar refractivity (Wildman–Crippen MR) is 76.8 cm³/mol. The fourth-order valence-corrected chi connectivity index (χ4v) is 2.21. The smallest absolute Gasteiger partial charge is 0.160 e. The first kappa shape index (κ1) is 13.2. The lowest BCUT2D eigenvalue weighted by Crippen LogP contribution is -2.03. The van der Waals surface area contributed by atoms with E-state index in [0.29, 0.717) is 16.8 Å². The molecule has 21 heavy (non-hydrogen) atoms. The van der Waals surface area contributed by atoms with E-state index in [1.165, 1.54) is 31.3 Å². The van der Waals surface area contributed by atoms with Crippen molar-refractivity contribution in [2.75, 3.05) is 0 Å². The first-order valence-corrected chi connectivity index (χ1v) is 6.44. The van der Waals surface area contributed by atoms with Crippen molar-refractivity contribution in [3.05, 3.63) is 66.1 Å². The van der Waals surface area contributed by atoms with Gasteiger partial charge in [0.2, 0.25) is 0 Å². The normalized spacial score (nSPS) is 10.6. The van der Waals surface area contributed by atoms with Crippen molar-refractivity contribution in [3.8, 4) is 16.9 Å². The van der Waals surface area contributed by atoms with Crippen LogP contribution in [-0.2, 0) is 0 Å². The molecule has 0 spiro atoms. The minimum atomic E-state index is -0.407. The Morgan fingerprint density at radius 3 is 2.62 bits per heavy atom. The minimum Gasteiger partial charge on any atom is -0.294 e. The molecule has 3 aromatic rings. The van der Waals surface area contributed by atoms with Gasteiger partial charge in [0, 0.05) is 11.1 Å². The van der Waals surface area contributed by atoms with Gasteiger partial charge in [-0.25, -0.2) is 9.07 Å². The van der Waals surface area contributed by atoms with Gasteiger partial charge in [-0.3, -0.25) is 4.79 Å². The molecule has 0 bridgehead atoms. The highest BCUT2D eigenvalue weighted by Gasteiger charge is 2.15. The molecule has 1 aromatic heterocycles. The van der Waals surface area contributed by atoms with E-state index in [1.54, 1.807) is 4.68 Å². The maximum absolute atomic E-state index is 13.6. The number of benzene rings is 2. The van der Waals surface area contributed by atoms with Crippen LogP contribution in [0.4, 0.5) is 4.39 Å². The number of nitrogens with zero attached hydrogens (tertiary/aromatic N) is 3. The van der Waals surface area contributed by atoms with Crippen LogP contribution >= 0.6 is 0 Å². The molecule has 0 aliphatic carbocycles. The summed E-state index contributed by atoms with van der Waals surface area (Å²) in [5, 5.41) is 7.91. The van der Waals surface area contributed by atoms with Gasteiger partial charge >= 0.3 is 0 Å². The highest BCUT2D eigenvalue weighted by atomic mass is 19.1. The topological polar surface area (TPSA) is 47.8 Å². The Labute approximate surface area is 120 Å². The second kappa shape index (κ2) is 5.28. The van der Waals surface area contributed by atoms with Crippen LogP contribution in [-0.4, -0.2) is 20.8 Å². The minimum absolute atomic E-state index is 0.134. The van der Waals surface area contributed by atoms with E-state index in [4.69, 9.17) is 0 Å². The van der Waals surface area contributed by atoms with Crippen molar-refractivity contribution in [1.82, 2.24) is 15.0 Å². The highest BCUT2D eigenvalue weighted by molar-refractivity contribution is 6.00. The van der Waals surface area contributed by atoms with Gasteiger partial charge in [-0.2, -0.15) is 0 Å². The maximum atomic E-state index is 13.6. The van der Waals surface area contributed by atoms with Crippen LogP contribution in [0.5, 0.6) is 0 Å². The van der Waals surface area contributed by atoms with Crippen LogP contribution in [0.1, 0.15) is 17.3 Å². The standard InChI is InChI=1S/C16H12FN3O/c1-11(21)14-8-7-12(17)9-15(14)16-10-18-19-20(16)13-5-3-2-4-6-13/h2-10H,1H3. The van der Waals surface area contributed by atoms with Gasteiger partial charge in [-0.15, -0.1) is 5.10 Å². The number of carbonyl (C=O) groups excluding carboxylic acids is 1. The van der Waals surface area contributed by atoms with Crippen LogP contribution in [0.15, 0.2) is 54.7 Å². The zero-order valence-corrected chi connectivity index (χ0v) is 11.3. The third-order valence-corrected chi connectivity index (χ3v) is 3.19. The molecule has 5 heteroatoms. The number of para-hydroxylation sites is 1. The lowest BCUT2D eigenvalue weighted by atomic mass is 10.0. The van der Waals surface area contributed by atoms with E-state index < -0.39 is 5.82 Å². The summed E-state index contributed by atoms with van der Waals surface area (Å²) >= 11 is 0. The van der Waals surface area contributed by atoms with Gasteiger partial charge in [0.15, 0.2) is 5.78 Å². The summed E-state index contributed by atoms with van der Waals surface area (Å²) in [5.74, 6) is -0.540. The zero-order chi connectivity index (χ0) is 14.8. The third-order valence-electron chi connectivity index (χ3n) is 3.19. The van der Waals surface area contributed by atoms with E-state index in [-0.39, 0.29) is 5.78 Å². The Bertz CT molecular complexity index is 796. The third kappa shape index (κ3) is 2.45. The Kier molecular flexibility index (Phi) is 3.31. The summed E-state index contributed by atoms with van der Waals surface area (Å²) in [4.78, 5) is 11.7. The first-order chi connectivity index (χ1) is 10.2. The molecule has 0 atom stereocenters. The Hall–Kier alpha value is -2.82. The van der Waals surface area contributed by atoms with Gasteiger partial charge in [-0.1, -0.05) is 23.4 Å². The summed E-state index contributed by atoms with van der Waals surface area (Å²) in [6, 6.07) is 13.5. The van der Waals surface area contributed by atoms with Crippen molar-refractivity contribution < 1.29 is 9.18 Å². The van der Waals surface area contributed by atoms with Crippen molar-refractivity contribution >= 4 is 5.78 Å². The van der Waals surface area contributed by atoms with Crippen LogP contribution in [0.2, 0.25) is 0 Å². The van der Waals surface area contributed by atoms with Gasteiger partial charge in [0.1, 0.15) is 5.82 Å². The van der Waals surface area contributed by atoms with Crippen molar-refractivity contribution in [2.45, 2.75) is 6.92 Å². The molecule has 0 aliphatic rings. The fourth-order valence-electron chi connectivity index (χ4n) is 2.21. The highest BCUT2D eigenvalue weighted by Crippen LogP contribution is 2.26. The summed E-state index contributed by atoms with van der Waals surface area (Å²) in [6.45, 7) is 1.45. The molecule has 0 radical (unpaired) electrons. The molecule has 3 rings (SSSR count).